The maximum absolute atomic E-state index is 11.7. The van der Waals surface area contributed by atoms with Gasteiger partial charge in [0.05, 0.1) is 0 Å². The Kier molecular flexibility index (Phi) is 4.22. The molecule has 1 rings (SSSR count). The smallest absolute Gasteiger partial charge is 0.225 e. The number of nitrogens with one attached hydrogen (secondary N) is 1. The standard InChI is InChI=1S/C14H21NO3/c1-9-7-11(16)12(17)8-10(9)5-6-15-13(18)14(2,3)4/h7-8,16-17H,5-6H2,1-4H3,(H,15,18). The van der Waals surface area contributed by atoms with Gasteiger partial charge in [0.2, 0.25) is 5.91 Å². The topological polar surface area (TPSA) is 69.6 Å². The van der Waals surface area contributed by atoms with Gasteiger partial charge in [-0.05, 0) is 36.6 Å². The van der Waals surface area contributed by atoms with E-state index in [4.69, 9.17) is 0 Å². The lowest BCUT2D eigenvalue weighted by Gasteiger charge is -2.18. The highest BCUT2D eigenvalue weighted by Gasteiger charge is 2.20. The van der Waals surface area contributed by atoms with Crippen LogP contribution >= 0.6 is 0 Å². The average molecular weight is 251 g/mol. The van der Waals surface area contributed by atoms with Gasteiger partial charge in [-0.1, -0.05) is 20.8 Å². The van der Waals surface area contributed by atoms with Crippen molar-refractivity contribution in [3.05, 3.63) is 23.3 Å². The molecule has 100 valence electrons. The van der Waals surface area contributed by atoms with E-state index >= 15 is 0 Å². The van der Waals surface area contributed by atoms with Crippen LogP contribution in [0.3, 0.4) is 0 Å². The predicted molar refractivity (Wildman–Crippen MR) is 70.7 cm³/mol. The van der Waals surface area contributed by atoms with E-state index in [0.29, 0.717) is 13.0 Å². The minimum Gasteiger partial charge on any atom is -0.504 e. The van der Waals surface area contributed by atoms with Gasteiger partial charge in [-0.15, -0.1) is 0 Å². The molecule has 0 radical (unpaired) electrons. The molecule has 3 N–H and O–H groups in total. The SMILES string of the molecule is Cc1cc(O)c(O)cc1CCNC(=O)C(C)(C)C. The second-order valence-corrected chi connectivity index (χ2v) is 5.52. The number of hydrogen-bond donors (Lipinski definition) is 3. The van der Waals surface area contributed by atoms with E-state index in [-0.39, 0.29) is 17.4 Å². The largest absolute Gasteiger partial charge is 0.504 e. The molecule has 0 aliphatic rings. The van der Waals surface area contributed by atoms with E-state index in [2.05, 4.69) is 5.32 Å². The Morgan fingerprint density at radius 2 is 1.78 bits per heavy atom. The van der Waals surface area contributed by atoms with E-state index in [1.165, 1.54) is 12.1 Å². The predicted octanol–water partition coefficient (Wildman–Crippen LogP) is 2.11. The molecule has 0 aromatic heterocycles. The Balaban J connectivity index is 2.60. The maximum atomic E-state index is 11.7. The van der Waals surface area contributed by atoms with Gasteiger partial charge >= 0.3 is 0 Å². The Morgan fingerprint density at radius 3 is 2.33 bits per heavy atom. The van der Waals surface area contributed by atoms with Crippen molar-refractivity contribution in [2.24, 2.45) is 5.41 Å². The van der Waals surface area contributed by atoms with Crippen molar-refractivity contribution in [3.8, 4) is 11.5 Å². The van der Waals surface area contributed by atoms with Crippen molar-refractivity contribution >= 4 is 5.91 Å². The number of aryl methyl sites for hydroxylation is 1. The molecule has 0 fully saturated rings. The zero-order chi connectivity index (χ0) is 13.9. The molecular formula is C14H21NO3. The van der Waals surface area contributed by atoms with Crippen LogP contribution < -0.4 is 5.32 Å². The summed E-state index contributed by atoms with van der Waals surface area (Å²) < 4.78 is 0. The van der Waals surface area contributed by atoms with E-state index in [1.807, 2.05) is 27.7 Å². The van der Waals surface area contributed by atoms with Crippen LogP contribution in [0.1, 0.15) is 31.9 Å². The van der Waals surface area contributed by atoms with Crippen LogP contribution in [-0.4, -0.2) is 22.7 Å². The van der Waals surface area contributed by atoms with Gasteiger partial charge in [0.15, 0.2) is 11.5 Å². The summed E-state index contributed by atoms with van der Waals surface area (Å²) in [6.45, 7) is 7.96. The van der Waals surface area contributed by atoms with Crippen LogP contribution in [0.5, 0.6) is 11.5 Å². The Hall–Kier alpha value is -1.71. The first kappa shape index (κ1) is 14.4. The maximum Gasteiger partial charge on any atom is 0.225 e. The van der Waals surface area contributed by atoms with E-state index in [1.54, 1.807) is 0 Å². The normalized spacial score (nSPS) is 11.3. The highest BCUT2D eigenvalue weighted by atomic mass is 16.3. The summed E-state index contributed by atoms with van der Waals surface area (Å²) in [4.78, 5) is 11.7. The highest BCUT2D eigenvalue weighted by molar-refractivity contribution is 5.81. The van der Waals surface area contributed by atoms with Crippen LogP contribution in [0, 0.1) is 12.3 Å². The fourth-order valence-electron chi connectivity index (χ4n) is 1.57. The Bertz CT molecular complexity index is 447. The molecule has 0 atom stereocenters. The molecule has 0 bridgehead atoms. The second-order valence-electron chi connectivity index (χ2n) is 5.52. The van der Waals surface area contributed by atoms with Gasteiger partial charge in [-0.25, -0.2) is 0 Å². The highest BCUT2D eigenvalue weighted by Crippen LogP contribution is 2.28. The van der Waals surface area contributed by atoms with Crippen molar-refractivity contribution in [1.82, 2.24) is 5.32 Å². The molecule has 4 nitrogen and oxygen atoms in total. The molecule has 0 aliphatic heterocycles. The third kappa shape index (κ3) is 3.65. The number of benzene rings is 1. The van der Waals surface area contributed by atoms with Crippen LogP contribution in [0.4, 0.5) is 0 Å². The fourth-order valence-corrected chi connectivity index (χ4v) is 1.57. The minimum absolute atomic E-state index is 0.00292. The molecule has 1 aromatic rings. The number of amides is 1. The monoisotopic (exact) mass is 251 g/mol. The molecule has 0 heterocycles. The van der Waals surface area contributed by atoms with Gasteiger partial charge in [-0.2, -0.15) is 0 Å². The molecule has 1 aromatic carbocycles. The third-order valence-corrected chi connectivity index (χ3v) is 2.79. The van der Waals surface area contributed by atoms with Crippen molar-refractivity contribution in [2.75, 3.05) is 6.54 Å². The van der Waals surface area contributed by atoms with Crippen LogP contribution in [0.2, 0.25) is 0 Å². The second kappa shape index (κ2) is 5.29. The molecule has 0 aliphatic carbocycles. The number of phenols is 2. The Labute approximate surface area is 108 Å². The fraction of sp³-hybridized carbons (Fsp3) is 0.500. The van der Waals surface area contributed by atoms with Crippen molar-refractivity contribution in [2.45, 2.75) is 34.1 Å². The first-order valence-corrected chi connectivity index (χ1v) is 6.01. The lowest BCUT2D eigenvalue weighted by atomic mass is 9.95. The summed E-state index contributed by atoms with van der Waals surface area (Å²) >= 11 is 0. The summed E-state index contributed by atoms with van der Waals surface area (Å²) in [5, 5.41) is 21.6. The summed E-state index contributed by atoms with van der Waals surface area (Å²) in [7, 11) is 0. The average Bonchev–Trinajstić information content (AvgIpc) is 2.23. The number of aromatic hydroxyl groups is 2. The molecule has 0 saturated heterocycles. The van der Waals surface area contributed by atoms with Gasteiger partial charge in [-0.3, -0.25) is 4.79 Å². The molecule has 18 heavy (non-hydrogen) atoms. The van der Waals surface area contributed by atoms with Crippen molar-refractivity contribution in [1.29, 1.82) is 0 Å². The minimum atomic E-state index is -0.397. The van der Waals surface area contributed by atoms with Gasteiger partial charge in [0.25, 0.3) is 0 Å². The van der Waals surface area contributed by atoms with Crippen molar-refractivity contribution in [3.63, 3.8) is 0 Å². The zero-order valence-corrected chi connectivity index (χ0v) is 11.4. The Morgan fingerprint density at radius 1 is 1.22 bits per heavy atom. The molecule has 0 saturated carbocycles. The molecule has 0 spiro atoms. The van der Waals surface area contributed by atoms with Gasteiger partial charge < -0.3 is 15.5 Å². The van der Waals surface area contributed by atoms with E-state index in [9.17, 15) is 15.0 Å². The number of phenolic OH excluding ortho intramolecular Hbond substituents is 2. The van der Waals surface area contributed by atoms with Crippen LogP contribution in [-0.2, 0) is 11.2 Å². The summed E-state index contributed by atoms with van der Waals surface area (Å²) in [6.07, 6.45) is 0.626. The number of rotatable bonds is 3. The lowest BCUT2D eigenvalue weighted by Crippen LogP contribution is -2.36. The van der Waals surface area contributed by atoms with E-state index < -0.39 is 5.41 Å². The molecule has 4 heteroatoms. The van der Waals surface area contributed by atoms with Gasteiger partial charge in [0.1, 0.15) is 0 Å². The first-order valence-electron chi connectivity index (χ1n) is 6.01. The van der Waals surface area contributed by atoms with Crippen LogP contribution in [0.25, 0.3) is 0 Å². The van der Waals surface area contributed by atoms with E-state index in [0.717, 1.165) is 11.1 Å². The number of carbonyl (C=O) groups is 1. The summed E-state index contributed by atoms with van der Waals surface area (Å²) in [5.74, 6) is -0.240. The molecule has 0 unspecified atom stereocenters. The lowest BCUT2D eigenvalue weighted by molar-refractivity contribution is -0.128. The van der Waals surface area contributed by atoms with Crippen molar-refractivity contribution < 1.29 is 15.0 Å². The molecule has 1 amide bonds. The number of carbonyl (C=O) groups excluding carboxylic acids is 1. The molecular weight excluding hydrogens is 230 g/mol. The first-order chi connectivity index (χ1) is 8.21. The van der Waals surface area contributed by atoms with Crippen LogP contribution in [0.15, 0.2) is 12.1 Å². The summed E-state index contributed by atoms with van der Waals surface area (Å²) in [6, 6.07) is 3.06. The zero-order valence-electron chi connectivity index (χ0n) is 11.4. The van der Waals surface area contributed by atoms with Gasteiger partial charge in [0, 0.05) is 12.0 Å². The summed E-state index contributed by atoms with van der Waals surface area (Å²) in [5.41, 5.74) is 1.42. The number of hydrogen-bond acceptors (Lipinski definition) is 3. The quantitative estimate of drug-likeness (QED) is 0.721. The third-order valence-electron chi connectivity index (χ3n) is 2.79.